The normalized spacial score (nSPS) is 11.4. The van der Waals surface area contributed by atoms with Gasteiger partial charge >= 0.3 is 0 Å². The molecule has 3 heteroatoms. The van der Waals surface area contributed by atoms with Gasteiger partial charge in [-0.2, -0.15) is 0 Å². The number of rotatable bonds is 3. The van der Waals surface area contributed by atoms with Gasteiger partial charge < -0.3 is 5.73 Å². The second-order valence-corrected chi connectivity index (χ2v) is 4.81. The van der Waals surface area contributed by atoms with E-state index in [9.17, 15) is 4.39 Å². The smallest absolute Gasteiger partial charge is 0.123 e. The molecule has 0 spiro atoms. The third kappa shape index (κ3) is 3.92. The summed E-state index contributed by atoms with van der Waals surface area (Å²) in [5.74, 6) is -0.00322. The van der Waals surface area contributed by atoms with E-state index in [-0.39, 0.29) is 11.7 Å². The highest BCUT2D eigenvalue weighted by Gasteiger charge is 2.11. The lowest BCUT2D eigenvalue weighted by atomic mass is 9.91. The summed E-state index contributed by atoms with van der Waals surface area (Å²) in [5.41, 5.74) is 8.82. The second kappa shape index (κ2) is 7.83. The van der Waals surface area contributed by atoms with Gasteiger partial charge in [0.1, 0.15) is 5.82 Å². The molecule has 2 N–H and O–H groups in total. The standard InChI is InChI=1S/C15H15ClFN.C2H4/c1-10(9-18)14-7-4-12(16)8-15(14)11-2-5-13(17)6-3-11;1-2/h2-8,10H,9,18H2,1H3;1-2H2. The van der Waals surface area contributed by atoms with Crippen LogP contribution in [0.5, 0.6) is 0 Å². The number of hydrogen-bond acceptors (Lipinski definition) is 1. The molecule has 0 aliphatic heterocycles. The molecule has 2 aromatic carbocycles. The summed E-state index contributed by atoms with van der Waals surface area (Å²) in [6.45, 7) is 8.63. The predicted molar refractivity (Wildman–Crippen MR) is 85.6 cm³/mol. The van der Waals surface area contributed by atoms with Crippen molar-refractivity contribution in [1.29, 1.82) is 0 Å². The molecule has 0 heterocycles. The van der Waals surface area contributed by atoms with Gasteiger partial charge in [0.15, 0.2) is 0 Å². The Morgan fingerprint density at radius 1 is 1.15 bits per heavy atom. The molecule has 0 saturated heterocycles. The molecule has 0 saturated carbocycles. The number of nitrogens with two attached hydrogens (primary N) is 1. The van der Waals surface area contributed by atoms with E-state index < -0.39 is 0 Å². The average molecular weight is 292 g/mol. The van der Waals surface area contributed by atoms with Crippen molar-refractivity contribution in [3.8, 4) is 11.1 Å². The first-order chi connectivity index (χ1) is 9.61. The van der Waals surface area contributed by atoms with Gasteiger partial charge in [0.2, 0.25) is 0 Å². The monoisotopic (exact) mass is 291 g/mol. The first-order valence-corrected chi connectivity index (χ1v) is 6.75. The van der Waals surface area contributed by atoms with E-state index >= 15 is 0 Å². The van der Waals surface area contributed by atoms with Crippen LogP contribution in [-0.4, -0.2) is 6.54 Å². The van der Waals surface area contributed by atoms with Crippen LogP contribution in [0.2, 0.25) is 5.02 Å². The van der Waals surface area contributed by atoms with Crippen LogP contribution in [0.3, 0.4) is 0 Å². The van der Waals surface area contributed by atoms with Gasteiger partial charge in [-0.3, -0.25) is 0 Å². The molecular weight excluding hydrogens is 273 g/mol. The van der Waals surface area contributed by atoms with Crippen molar-refractivity contribution < 1.29 is 4.39 Å². The third-order valence-corrected chi connectivity index (χ3v) is 3.29. The van der Waals surface area contributed by atoms with Crippen LogP contribution >= 0.6 is 11.6 Å². The SMILES string of the molecule is C=C.CC(CN)c1ccc(Cl)cc1-c1ccc(F)cc1. The van der Waals surface area contributed by atoms with Crippen LogP contribution in [0.25, 0.3) is 11.1 Å². The first-order valence-electron chi connectivity index (χ1n) is 6.37. The van der Waals surface area contributed by atoms with Crippen LogP contribution in [0.4, 0.5) is 4.39 Å². The second-order valence-electron chi connectivity index (χ2n) is 4.38. The maximum absolute atomic E-state index is 13.0. The van der Waals surface area contributed by atoms with Crippen LogP contribution in [-0.2, 0) is 0 Å². The molecule has 0 amide bonds. The Morgan fingerprint density at radius 2 is 1.75 bits per heavy atom. The molecule has 0 radical (unpaired) electrons. The minimum absolute atomic E-state index is 0.238. The van der Waals surface area contributed by atoms with Crippen LogP contribution in [0.15, 0.2) is 55.6 Å². The molecule has 2 aromatic rings. The lowest BCUT2D eigenvalue weighted by Crippen LogP contribution is -2.09. The first kappa shape index (κ1) is 16.4. The molecule has 0 aliphatic carbocycles. The van der Waals surface area contributed by atoms with Crippen LogP contribution < -0.4 is 5.73 Å². The predicted octanol–water partition coefficient (Wildman–Crippen LogP) is 5.01. The maximum Gasteiger partial charge on any atom is 0.123 e. The van der Waals surface area contributed by atoms with Gasteiger partial charge in [0.25, 0.3) is 0 Å². The molecule has 1 unspecified atom stereocenters. The molecule has 0 aromatic heterocycles. The van der Waals surface area contributed by atoms with Gasteiger partial charge in [0.05, 0.1) is 0 Å². The molecule has 20 heavy (non-hydrogen) atoms. The Labute approximate surface area is 124 Å². The number of halogens is 2. The Hall–Kier alpha value is -1.64. The van der Waals surface area contributed by atoms with Crippen molar-refractivity contribution in [2.75, 3.05) is 6.54 Å². The minimum Gasteiger partial charge on any atom is -0.330 e. The Balaban J connectivity index is 0.000000956. The third-order valence-electron chi connectivity index (χ3n) is 3.06. The molecule has 1 nitrogen and oxygen atoms in total. The zero-order chi connectivity index (χ0) is 15.1. The lowest BCUT2D eigenvalue weighted by Gasteiger charge is -2.15. The van der Waals surface area contributed by atoms with E-state index in [1.54, 1.807) is 12.1 Å². The molecule has 2 rings (SSSR count). The molecule has 106 valence electrons. The molecule has 0 fully saturated rings. The highest BCUT2D eigenvalue weighted by atomic mass is 35.5. The molecule has 0 bridgehead atoms. The van der Waals surface area contributed by atoms with E-state index in [4.69, 9.17) is 17.3 Å². The fourth-order valence-corrected chi connectivity index (χ4v) is 2.14. The van der Waals surface area contributed by atoms with Gasteiger partial charge in [-0.1, -0.05) is 36.7 Å². The Morgan fingerprint density at radius 3 is 2.30 bits per heavy atom. The fourth-order valence-electron chi connectivity index (χ4n) is 1.96. The molecule has 0 aliphatic rings. The average Bonchev–Trinajstić information content (AvgIpc) is 2.49. The lowest BCUT2D eigenvalue weighted by molar-refractivity contribution is 0.628. The topological polar surface area (TPSA) is 26.0 Å². The van der Waals surface area contributed by atoms with E-state index in [0.717, 1.165) is 16.7 Å². The van der Waals surface area contributed by atoms with Crippen molar-refractivity contribution >= 4 is 11.6 Å². The number of hydrogen-bond donors (Lipinski definition) is 1. The van der Waals surface area contributed by atoms with Crippen molar-refractivity contribution in [3.05, 3.63) is 72.0 Å². The summed E-state index contributed by atoms with van der Waals surface area (Å²) >= 11 is 6.04. The summed E-state index contributed by atoms with van der Waals surface area (Å²) in [4.78, 5) is 0. The van der Waals surface area contributed by atoms with E-state index in [1.165, 1.54) is 12.1 Å². The Kier molecular flexibility index (Phi) is 6.43. The summed E-state index contributed by atoms with van der Waals surface area (Å²) < 4.78 is 13.0. The summed E-state index contributed by atoms with van der Waals surface area (Å²) in [6, 6.07) is 12.2. The number of benzene rings is 2. The van der Waals surface area contributed by atoms with Crippen molar-refractivity contribution in [2.24, 2.45) is 5.73 Å². The highest BCUT2D eigenvalue weighted by Crippen LogP contribution is 2.31. The minimum atomic E-state index is -0.241. The Bertz CT molecular complexity index is 551. The summed E-state index contributed by atoms with van der Waals surface area (Å²) in [5, 5.41) is 0.669. The van der Waals surface area contributed by atoms with Crippen molar-refractivity contribution in [2.45, 2.75) is 12.8 Å². The zero-order valence-electron chi connectivity index (χ0n) is 11.6. The quantitative estimate of drug-likeness (QED) is 0.790. The van der Waals surface area contributed by atoms with E-state index in [2.05, 4.69) is 20.1 Å². The van der Waals surface area contributed by atoms with Crippen LogP contribution in [0, 0.1) is 5.82 Å². The van der Waals surface area contributed by atoms with Gasteiger partial charge in [0, 0.05) is 5.02 Å². The molecule has 1 atom stereocenters. The van der Waals surface area contributed by atoms with Crippen molar-refractivity contribution in [3.63, 3.8) is 0 Å². The van der Waals surface area contributed by atoms with Gasteiger partial charge in [-0.05, 0) is 53.4 Å². The summed E-state index contributed by atoms with van der Waals surface area (Å²) in [6.07, 6.45) is 0. The van der Waals surface area contributed by atoms with Gasteiger partial charge in [-0.25, -0.2) is 4.39 Å². The maximum atomic E-state index is 13.0. The highest BCUT2D eigenvalue weighted by molar-refractivity contribution is 6.30. The summed E-state index contributed by atoms with van der Waals surface area (Å²) in [7, 11) is 0. The van der Waals surface area contributed by atoms with Crippen molar-refractivity contribution in [1.82, 2.24) is 0 Å². The molecular formula is C17H19ClFN. The van der Waals surface area contributed by atoms with E-state index in [0.29, 0.717) is 11.6 Å². The van der Waals surface area contributed by atoms with E-state index in [1.807, 2.05) is 18.2 Å². The van der Waals surface area contributed by atoms with Gasteiger partial charge in [-0.15, -0.1) is 13.2 Å². The van der Waals surface area contributed by atoms with Crippen LogP contribution in [0.1, 0.15) is 18.4 Å². The largest absolute Gasteiger partial charge is 0.330 e. The fraction of sp³-hybridized carbons (Fsp3) is 0.176. The zero-order valence-corrected chi connectivity index (χ0v) is 12.3.